The van der Waals surface area contributed by atoms with Gasteiger partial charge in [-0.1, -0.05) is 12.2 Å². The van der Waals surface area contributed by atoms with Gasteiger partial charge in [0.2, 0.25) is 0 Å². The molecule has 1 amide bonds. The van der Waals surface area contributed by atoms with Crippen LogP contribution in [-0.2, 0) is 4.74 Å². The molecule has 0 unspecified atom stereocenters. The van der Waals surface area contributed by atoms with E-state index in [1.54, 1.807) is 10.6 Å². The Kier molecular flexibility index (Phi) is 5.76. The van der Waals surface area contributed by atoms with Crippen LogP contribution in [0.15, 0.2) is 36.9 Å². The van der Waals surface area contributed by atoms with Crippen LogP contribution in [0.4, 0.5) is 11.5 Å². The Morgan fingerprint density at radius 1 is 1.36 bits per heavy atom. The number of benzene rings is 1. The summed E-state index contributed by atoms with van der Waals surface area (Å²) in [5, 5.41) is 43.1. The number of carbonyl (C=O) groups is 1. The normalized spacial score (nSPS) is 20.5. The van der Waals surface area contributed by atoms with E-state index in [0.29, 0.717) is 11.2 Å². The number of imidazole rings is 1. The molecule has 33 heavy (non-hydrogen) atoms. The van der Waals surface area contributed by atoms with Gasteiger partial charge < -0.3 is 31.1 Å². The molecule has 0 spiro atoms. The maximum Gasteiger partial charge on any atom is 0.274 e. The number of hydrogen-bond acceptors (Lipinski definition) is 11. The lowest BCUT2D eigenvalue weighted by Crippen LogP contribution is -2.24. The van der Waals surface area contributed by atoms with Crippen LogP contribution in [0.5, 0.6) is 11.5 Å². The van der Waals surface area contributed by atoms with Gasteiger partial charge in [-0.15, -0.1) is 0 Å². The summed E-state index contributed by atoms with van der Waals surface area (Å²) in [6, 6.07) is 1.60. The molecule has 6 N–H and O–H groups in total. The molecule has 4 rings (SSSR count). The van der Waals surface area contributed by atoms with Crippen LogP contribution < -0.4 is 11.1 Å². The number of rotatable bonds is 6. The van der Waals surface area contributed by atoms with Crippen molar-refractivity contribution in [3.8, 4) is 11.5 Å². The minimum Gasteiger partial charge on any atom is -0.504 e. The molecule has 1 saturated heterocycles. The molecule has 3 heterocycles. The van der Waals surface area contributed by atoms with E-state index in [4.69, 9.17) is 10.5 Å². The molecule has 172 valence electrons. The largest absolute Gasteiger partial charge is 0.504 e. The van der Waals surface area contributed by atoms with E-state index in [0.717, 1.165) is 12.1 Å². The number of phenols is 2. The number of nitrogens with one attached hydrogen (secondary N) is 1. The summed E-state index contributed by atoms with van der Waals surface area (Å²) in [5.74, 6) is -2.15. The van der Waals surface area contributed by atoms with Gasteiger partial charge in [0.1, 0.15) is 24.2 Å². The molecule has 1 aliphatic heterocycles. The van der Waals surface area contributed by atoms with E-state index in [9.17, 15) is 30.2 Å². The van der Waals surface area contributed by atoms with Gasteiger partial charge in [-0.25, -0.2) is 15.0 Å². The molecule has 0 aliphatic carbocycles. The minimum absolute atomic E-state index is 0.0310. The van der Waals surface area contributed by atoms with Crippen molar-refractivity contribution in [2.45, 2.75) is 24.9 Å². The Morgan fingerprint density at radius 3 is 2.91 bits per heavy atom. The Morgan fingerprint density at radius 2 is 2.15 bits per heavy atom. The van der Waals surface area contributed by atoms with Crippen LogP contribution in [0.25, 0.3) is 11.2 Å². The third-order valence-corrected chi connectivity index (χ3v) is 5.07. The topological polar surface area (TPSA) is 212 Å². The van der Waals surface area contributed by atoms with E-state index in [1.807, 2.05) is 0 Å². The number of ether oxygens (including phenoxy) is 1. The lowest BCUT2D eigenvalue weighted by molar-refractivity contribution is -0.385. The number of aliphatic hydroxyl groups excluding tert-OH is 1. The number of amides is 1. The molecular formula is C19H19N7O7. The summed E-state index contributed by atoms with van der Waals surface area (Å²) in [4.78, 5) is 34.6. The smallest absolute Gasteiger partial charge is 0.274 e. The predicted molar refractivity (Wildman–Crippen MR) is 112 cm³/mol. The predicted octanol–water partition coefficient (Wildman–Crippen LogP) is 0.363. The van der Waals surface area contributed by atoms with Gasteiger partial charge in [-0.3, -0.25) is 19.5 Å². The zero-order valence-corrected chi connectivity index (χ0v) is 16.9. The number of fused-ring (bicyclic) bond motifs is 1. The van der Waals surface area contributed by atoms with Crippen LogP contribution in [-0.4, -0.2) is 64.4 Å². The number of hydrogen-bond donors (Lipinski definition) is 5. The lowest BCUT2D eigenvalue weighted by Gasteiger charge is -2.13. The molecular weight excluding hydrogens is 438 g/mol. The van der Waals surface area contributed by atoms with Crippen molar-refractivity contribution in [3.05, 3.63) is 52.6 Å². The summed E-state index contributed by atoms with van der Waals surface area (Å²) >= 11 is 0. The number of carbonyl (C=O) groups excluding carboxylic acids is 1. The third kappa shape index (κ3) is 4.24. The number of aliphatic hydroxyl groups is 1. The number of nitrogens with zero attached hydrogens (tertiary/aromatic N) is 5. The number of nitro groups is 1. The maximum atomic E-state index is 12.3. The van der Waals surface area contributed by atoms with Crippen molar-refractivity contribution in [1.29, 1.82) is 0 Å². The van der Waals surface area contributed by atoms with Crippen molar-refractivity contribution >= 4 is 28.6 Å². The first-order chi connectivity index (χ1) is 15.8. The molecule has 2 aromatic heterocycles. The standard InChI is InChI=1S/C19H19N7O7/c20-17-15-18(23-7-22-17)25(8-24-15)14-6-11(27)13(33-14)2-1-3-21-19(30)10-4-9(26(31)32)5-12(28)16(10)29/h1-2,4-5,7-8,11,13-14,27-29H,3,6H2,(H,21,30)(H2,20,22,23)/b2-1+/t11-,13+,14+/m0/s1. The maximum absolute atomic E-state index is 12.3. The molecule has 0 bridgehead atoms. The molecule has 0 saturated carbocycles. The fourth-order valence-electron chi connectivity index (χ4n) is 3.43. The number of nitrogen functional groups attached to an aromatic ring is 1. The Labute approximate surface area is 185 Å². The fraction of sp³-hybridized carbons (Fsp3) is 0.263. The summed E-state index contributed by atoms with van der Waals surface area (Å²) in [6.07, 6.45) is 4.08. The number of nitro benzene ring substituents is 1. The second-order valence-corrected chi connectivity index (χ2v) is 7.20. The average Bonchev–Trinajstić information content (AvgIpc) is 3.37. The van der Waals surface area contributed by atoms with E-state index in [2.05, 4.69) is 20.3 Å². The van der Waals surface area contributed by atoms with Crippen LogP contribution in [0, 0.1) is 10.1 Å². The Bertz CT molecular complexity index is 1260. The zero-order chi connectivity index (χ0) is 23.7. The molecule has 1 fully saturated rings. The number of aromatic nitrogens is 4. The average molecular weight is 457 g/mol. The first-order valence-electron chi connectivity index (χ1n) is 9.68. The number of phenolic OH excluding ortho intramolecular Hbond substituents is 2. The van der Waals surface area contributed by atoms with Gasteiger partial charge in [0.25, 0.3) is 11.6 Å². The zero-order valence-electron chi connectivity index (χ0n) is 16.9. The van der Waals surface area contributed by atoms with Gasteiger partial charge >= 0.3 is 0 Å². The summed E-state index contributed by atoms with van der Waals surface area (Å²) in [7, 11) is 0. The van der Waals surface area contributed by atoms with Gasteiger partial charge in [-0.05, 0) is 0 Å². The van der Waals surface area contributed by atoms with Crippen molar-refractivity contribution in [1.82, 2.24) is 24.8 Å². The summed E-state index contributed by atoms with van der Waals surface area (Å²) in [6.45, 7) is -0.0310. The summed E-state index contributed by atoms with van der Waals surface area (Å²) < 4.78 is 7.50. The van der Waals surface area contributed by atoms with Crippen molar-refractivity contribution in [3.63, 3.8) is 0 Å². The Hall–Kier alpha value is -4.30. The first kappa shape index (κ1) is 21.9. The van der Waals surface area contributed by atoms with Crippen LogP contribution in [0.3, 0.4) is 0 Å². The van der Waals surface area contributed by atoms with E-state index < -0.39 is 52.0 Å². The second-order valence-electron chi connectivity index (χ2n) is 7.20. The molecule has 3 aromatic rings. The van der Waals surface area contributed by atoms with Crippen LogP contribution in [0.1, 0.15) is 23.0 Å². The van der Waals surface area contributed by atoms with E-state index >= 15 is 0 Å². The van der Waals surface area contributed by atoms with Gasteiger partial charge in [0.15, 0.2) is 23.0 Å². The highest BCUT2D eigenvalue weighted by atomic mass is 16.6. The van der Waals surface area contributed by atoms with Crippen molar-refractivity contribution in [2.75, 3.05) is 12.3 Å². The number of aromatic hydroxyl groups is 2. The number of nitrogens with two attached hydrogens (primary N) is 1. The SMILES string of the molecule is Nc1ncnc2c1ncn2[C@H]1C[C@H](O)[C@@H](/C=C/CNC(=O)c2cc([N+](=O)[O-])cc(O)c2O)O1. The first-order valence-corrected chi connectivity index (χ1v) is 9.68. The number of non-ortho nitro benzene ring substituents is 1. The van der Waals surface area contributed by atoms with Gasteiger partial charge in [-0.2, -0.15) is 0 Å². The van der Waals surface area contributed by atoms with Crippen LogP contribution in [0.2, 0.25) is 0 Å². The highest BCUT2D eigenvalue weighted by Gasteiger charge is 2.34. The Balaban J connectivity index is 1.39. The summed E-state index contributed by atoms with van der Waals surface area (Å²) in [5.41, 5.74) is 5.69. The van der Waals surface area contributed by atoms with Gasteiger partial charge in [0.05, 0.1) is 29.0 Å². The van der Waals surface area contributed by atoms with Gasteiger partial charge in [0, 0.05) is 19.0 Å². The highest BCUT2D eigenvalue weighted by molar-refractivity contribution is 5.98. The molecule has 14 nitrogen and oxygen atoms in total. The molecule has 14 heteroatoms. The quantitative estimate of drug-likeness (QED) is 0.147. The van der Waals surface area contributed by atoms with E-state index in [-0.39, 0.29) is 18.8 Å². The monoisotopic (exact) mass is 457 g/mol. The highest BCUT2D eigenvalue weighted by Crippen LogP contribution is 2.34. The molecule has 1 aliphatic rings. The molecule has 1 aromatic carbocycles. The van der Waals surface area contributed by atoms with Crippen molar-refractivity contribution in [2.24, 2.45) is 0 Å². The second kappa shape index (κ2) is 8.68. The molecule has 3 atom stereocenters. The fourth-order valence-corrected chi connectivity index (χ4v) is 3.43. The third-order valence-electron chi connectivity index (χ3n) is 5.07. The van der Waals surface area contributed by atoms with Crippen molar-refractivity contribution < 1.29 is 29.8 Å². The minimum atomic E-state index is -0.837. The van der Waals surface area contributed by atoms with E-state index in [1.165, 1.54) is 18.7 Å². The number of anilines is 1. The lowest BCUT2D eigenvalue weighted by atomic mass is 10.1. The molecule has 0 radical (unpaired) electrons. The van der Waals surface area contributed by atoms with Crippen LogP contribution >= 0.6 is 0 Å².